The lowest BCUT2D eigenvalue weighted by Gasteiger charge is -2.29. The van der Waals surface area contributed by atoms with Crippen molar-refractivity contribution in [3.05, 3.63) is 23.2 Å². The predicted octanol–water partition coefficient (Wildman–Crippen LogP) is 0.0442. The van der Waals surface area contributed by atoms with Gasteiger partial charge in [-0.25, -0.2) is 9.78 Å². The molecular formula is C56H91N21O9S4. The van der Waals surface area contributed by atoms with Crippen LogP contribution in [0.3, 0.4) is 0 Å². The Kier molecular flexibility index (Phi) is 31.9. The van der Waals surface area contributed by atoms with E-state index in [4.69, 9.17) is 34.4 Å². The van der Waals surface area contributed by atoms with Gasteiger partial charge >= 0.3 is 6.03 Å². The van der Waals surface area contributed by atoms with Gasteiger partial charge in [0.15, 0.2) is 22.9 Å². The van der Waals surface area contributed by atoms with E-state index in [0.717, 1.165) is 29.9 Å². The van der Waals surface area contributed by atoms with Gasteiger partial charge in [-0.05, 0) is 94.7 Å². The zero-order valence-corrected chi connectivity index (χ0v) is 55.2. The number of aliphatic imine (C=N–C) groups is 3. The van der Waals surface area contributed by atoms with Crippen molar-refractivity contribution in [1.29, 1.82) is 5.26 Å². The standard InChI is InChI=1S/C56H91N21O9S4/c1-30(2)44(76-49(83)34(68-31(3)78)15-11-23-65-52(58)59)51(85)73-37(17-13-25-67-54(62)63)47(81)71-36(16-12-24-66-53(60)61)48(82)74-39(29-88-90-56(4,5)6)50(84)72-35(46(80)69-32-20-21-33-41(26-32)89-43(27-57)70-33)14-9-10-22-64-42(79)19-8-7-18-40-45-38(28-87-40)75-55(86)77-45/h20-21,26,30,34-40,44-45H,7-19,22-25,28-29H2,1-6H3,(H,64,79)(H,68,78)(H,69,80)(H,71,81)(H,72,84)(H,73,85)(H,74,82)(H,76,83)(H4,58,59,65)(H4,60,61,66)(H4,62,63,67)(H2,75,77,86). The topological polar surface area (TPSA) is 504 Å². The lowest BCUT2D eigenvalue weighted by Crippen LogP contribution is -2.60. The van der Waals surface area contributed by atoms with Crippen molar-refractivity contribution in [3.8, 4) is 6.07 Å². The Morgan fingerprint density at radius 3 is 1.79 bits per heavy atom. The molecule has 2 aliphatic rings. The first-order chi connectivity index (χ1) is 42.6. The van der Waals surface area contributed by atoms with E-state index >= 15 is 0 Å². The number of hydrogen-bond donors (Lipinski definition) is 16. The number of anilines is 1. The molecule has 90 heavy (non-hydrogen) atoms. The van der Waals surface area contributed by atoms with Crippen molar-refractivity contribution in [2.24, 2.45) is 55.3 Å². The number of unbranched alkanes of at least 4 members (excludes halogenated alkanes) is 2. The Morgan fingerprint density at radius 2 is 1.23 bits per heavy atom. The van der Waals surface area contributed by atoms with Gasteiger partial charge in [0.2, 0.25) is 47.3 Å². The van der Waals surface area contributed by atoms with Gasteiger partial charge < -0.3 is 87.6 Å². The van der Waals surface area contributed by atoms with E-state index in [2.05, 4.69) is 73.1 Å². The molecule has 2 fully saturated rings. The zero-order valence-electron chi connectivity index (χ0n) is 51.9. The van der Waals surface area contributed by atoms with E-state index < -0.39 is 83.5 Å². The van der Waals surface area contributed by atoms with Crippen LogP contribution in [0.4, 0.5) is 10.5 Å². The highest BCUT2D eigenvalue weighted by atomic mass is 33.1. The summed E-state index contributed by atoms with van der Waals surface area (Å²) in [5.41, 5.74) is 34.2. The van der Waals surface area contributed by atoms with Crippen LogP contribution >= 0.6 is 44.7 Å². The summed E-state index contributed by atoms with van der Waals surface area (Å²) in [6.07, 6.45) is 4.25. The molecular weight excluding hydrogens is 1240 g/mol. The van der Waals surface area contributed by atoms with Crippen molar-refractivity contribution in [3.63, 3.8) is 0 Å². The number of carbonyl (C=O) groups excluding carboxylic acids is 9. The summed E-state index contributed by atoms with van der Waals surface area (Å²) in [6.45, 7) is 11.1. The van der Waals surface area contributed by atoms with Gasteiger partial charge in [-0.3, -0.25) is 53.3 Å². The van der Waals surface area contributed by atoms with Gasteiger partial charge in [0.05, 0.1) is 22.3 Å². The SMILES string of the molecule is CC(=O)NC(CCCN=C(N)N)C(=O)NC(C(=O)NC(CCCN=C(N)N)C(=O)NC(CCCN=C(N)N)C(=O)NC(CSSC(C)(C)C)C(=O)NC(CCCCNC(=O)CCCCC1SCC2NC(=O)NC21)C(=O)Nc1ccc2nc(C#N)sc2c1)C(C)C. The van der Waals surface area contributed by atoms with Crippen LogP contribution in [0.25, 0.3) is 10.2 Å². The summed E-state index contributed by atoms with van der Waals surface area (Å²) in [5, 5.41) is 38.2. The van der Waals surface area contributed by atoms with Crippen LogP contribution in [-0.4, -0.2) is 172 Å². The average molecular weight is 1330 g/mol. The smallest absolute Gasteiger partial charge is 0.315 e. The normalized spacial score (nSPS) is 17.0. The van der Waals surface area contributed by atoms with Crippen molar-refractivity contribution in [2.45, 2.75) is 183 Å². The number of benzene rings is 1. The van der Waals surface area contributed by atoms with Gasteiger partial charge in [0, 0.05) is 66.7 Å². The Balaban J connectivity index is 1.56. The Bertz CT molecular complexity index is 2910. The summed E-state index contributed by atoms with van der Waals surface area (Å²) in [7, 11) is 2.75. The predicted molar refractivity (Wildman–Crippen MR) is 355 cm³/mol. The number of thiazole rings is 1. The maximum Gasteiger partial charge on any atom is 0.315 e. The molecule has 34 heteroatoms. The van der Waals surface area contributed by atoms with Crippen LogP contribution in [0.2, 0.25) is 0 Å². The van der Waals surface area contributed by atoms with Crippen LogP contribution < -0.4 is 87.6 Å². The van der Waals surface area contributed by atoms with E-state index in [9.17, 15) is 48.4 Å². The Hall–Kier alpha value is -7.51. The second-order valence-corrected chi connectivity index (χ2v) is 28.5. The molecule has 9 atom stereocenters. The lowest BCUT2D eigenvalue weighted by atomic mass is 10.0. The third kappa shape index (κ3) is 27.7. The minimum absolute atomic E-state index is 0.00295. The molecule has 3 heterocycles. The first-order valence-electron chi connectivity index (χ1n) is 30.0. The maximum atomic E-state index is 14.7. The molecule has 30 nitrogen and oxygen atoms in total. The third-order valence-corrected chi connectivity index (χ3v) is 19.7. The van der Waals surface area contributed by atoms with E-state index in [1.165, 1.54) is 28.5 Å². The van der Waals surface area contributed by atoms with Gasteiger partial charge in [-0.2, -0.15) is 17.0 Å². The fraction of sp³-hybridized carbons (Fsp3) is 0.643. The quantitative estimate of drug-likeness (QED) is 0.0138. The number of nitriles is 1. The summed E-state index contributed by atoms with van der Waals surface area (Å²) >= 11 is 2.97. The molecule has 0 spiro atoms. The number of urea groups is 1. The second kappa shape index (κ2) is 38.2. The van der Waals surface area contributed by atoms with Crippen molar-refractivity contribution in [1.82, 2.24) is 52.8 Å². The number of nitrogens with one attached hydrogen (secondary N) is 10. The molecule has 1 aromatic carbocycles. The maximum absolute atomic E-state index is 14.7. The fourth-order valence-electron chi connectivity index (χ4n) is 9.50. The molecule has 498 valence electrons. The molecule has 0 aliphatic carbocycles. The number of amides is 10. The molecule has 1 aromatic heterocycles. The molecule has 22 N–H and O–H groups in total. The van der Waals surface area contributed by atoms with Crippen LogP contribution in [0.15, 0.2) is 33.2 Å². The second-order valence-electron chi connectivity index (χ2n) is 23.1. The molecule has 2 aliphatic heterocycles. The highest BCUT2D eigenvalue weighted by Gasteiger charge is 2.43. The largest absolute Gasteiger partial charge is 0.370 e. The highest BCUT2D eigenvalue weighted by molar-refractivity contribution is 8.77. The van der Waals surface area contributed by atoms with Gasteiger partial charge in [-0.15, -0.1) is 11.3 Å². The number of fused-ring (bicyclic) bond motifs is 2. The van der Waals surface area contributed by atoms with Crippen LogP contribution in [0.5, 0.6) is 0 Å². The molecule has 4 rings (SSSR count). The molecule has 10 amide bonds. The number of guanidine groups is 3. The van der Waals surface area contributed by atoms with Crippen molar-refractivity contribution < 1.29 is 43.2 Å². The number of aromatic nitrogens is 1. The number of rotatable bonds is 39. The van der Waals surface area contributed by atoms with Gasteiger partial charge in [-0.1, -0.05) is 62.6 Å². The molecule has 2 saturated heterocycles. The number of carbonyl (C=O) groups is 9. The Labute approximate surface area is 541 Å². The number of hydrogen-bond acceptors (Lipinski definition) is 18. The third-order valence-electron chi connectivity index (χ3n) is 13.9. The van der Waals surface area contributed by atoms with E-state index in [1.807, 2.05) is 38.6 Å². The molecule has 0 saturated carbocycles. The number of nitrogens with two attached hydrogens (primary N) is 6. The molecule has 0 radical (unpaired) electrons. The summed E-state index contributed by atoms with van der Waals surface area (Å²) in [4.78, 5) is 139. The minimum atomic E-state index is -1.37. The molecule has 2 aromatic rings. The van der Waals surface area contributed by atoms with E-state index in [0.29, 0.717) is 54.6 Å². The minimum Gasteiger partial charge on any atom is -0.370 e. The van der Waals surface area contributed by atoms with Crippen LogP contribution in [0, 0.1) is 17.2 Å². The summed E-state index contributed by atoms with van der Waals surface area (Å²) < 4.78 is 0.350. The average Bonchev–Trinajstić information content (AvgIpc) is 1.76. The van der Waals surface area contributed by atoms with Gasteiger partial charge in [0.1, 0.15) is 42.3 Å². The van der Waals surface area contributed by atoms with Crippen LogP contribution in [0.1, 0.15) is 130 Å². The number of thioether (sulfide) groups is 1. The highest BCUT2D eigenvalue weighted by Crippen LogP contribution is 2.36. The number of nitrogens with zero attached hydrogens (tertiary/aromatic N) is 5. The first kappa shape index (κ1) is 75.0. The monoisotopic (exact) mass is 1330 g/mol. The van der Waals surface area contributed by atoms with E-state index in [-0.39, 0.29) is 121 Å². The fourth-order valence-corrected chi connectivity index (χ4v) is 14.3. The van der Waals surface area contributed by atoms with Crippen molar-refractivity contribution >= 4 is 132 Å². The summed E-state index contributed by atoms with van der Waals surface area (Å²) in [6, 6.07) is -0.436. The molecule has 9 unspecified atom stereocenters. The first-order valence-corrected chi connectivity index (χ1v) is 34.1. The Morgan fingerprint density at radius 1 is 0.700 bits per heavy atom. The summed E-state index contributed by atoms with van der Waals surface area (Å²) in [5.74, 6) is -5.24. The lowest BCUT2D eigenvalue weighted by molar-refractivity contribution is -0.135. The zero-order chi connectivity index (χ0) is 66.5. The van der Waals surface area contributed by atoms with Crippen molar-refractivity contribution in [2.75, 3.05) is 43.0 Å². The van der Waals surface area contributed by atoms with Crippen LogP contribution in [-0.2, 0) is 38.4 Å². The molecule has 0 bridgehead atoms. The van der Waals surface area contributed by atoms with Gasteiger partial charge in [0.25, 0.3) is 0 Å². The van der Waals surface area contributed by atoms with E-state index in [1.54, 1.807) is 32.0 Å².